The second-order valence-corrected chi connectivity index (χ2v) is 10.2. The normalized spacial score (nSPS) is 24.3. The Kier molecular flexibility index (Phi) is 6.01. The molecule has 2 saturated heterocycles. The lowest BCUT2D eigenvalue weighted by molar-refractivity contribution is -0.177. The first kappa shape index (κ1) is 23.4. The Labute approximate surface area is 204 Å². The molecule has 1 aliphatic carbocycles. The highest BCUT2D eigenvalue weighted by molar-refractivity contribution is 5.89. The van der Waals surface area contributed by atoms with E-state index in [1.807, 2.05) is 38.1 Å². The highest BCUT2D eigenvalue weighted by Gasteiger charge is 2.54. The lowest BCUT2D eigenvalue weighted by atomic mass is 9.74. The number of carboxylic acids is 1. The van der Waals surface area contributed by atoms with Crippen molar-refractivity contribution in [3.8, 4) is 11.1 Å². The van der Waals surface area contributed by atoms with Gasteiger partial charge in [0.05, 0.1) is 6.10 Å². The van der Waals surface area contributed by atoms with E-state index >= 15 is 0 Å². The van der Waals surface area contributed by atoms with Crippen LogP contribution in [0.3, 0.4) is 0 Å². The molecule has 2 heterocycles. The number of hydrogen-bond acceptors (Lipinski definition) is 5. The van der Waals surface area contributed by atoms with E-state index in [4.69, 9.17) is 9.47 Å². The minimum atomic E-state index is -0.999. The van der Waals surface area contributed by atoms with Gasteiger partial charge in [0.25, 0.3) is 5.91 Å². The van der Waals surface area contributed by atoms with Gasteiger partial charge in [-0.3, -0.25) is 4.79 Å². The van der Waals surface area contributed by atoms with Crippen molar-refractivity contribution in [3.05, 3.63) is 59.7 Å². The number of carboxylic acid groups (broad SMARTS) is 1. The number of ether oxygens (including phenoxy) is 2. The maximum absolute atomic E-state index is 12.8. The molecule has 8 nitrogen and oxygen atoms in total. The third-order valence-corrected chi connectivity index (χ3v) is 7.35. The SMILES string of the molecule is CC1(C)CN(C(=O)C2CCC(CNC(=O)OCC3c4ccccc4-c4ccccc43)O2)C1C(=O)O. The molecule has 0 bridgehead atoms. The Hall–Kier alpha value is -3.39. The lowest BCUT2D eigenvalue weighted by Gasteiger charge is -2.52. The molecule has 2 amide bonds. The van der Waals surface area contributed by atoms with Gasteiger partial charge in [-0.05, 0) is 35.1 Å². The van der Waals surface area contributed by atoms with E-state index in [0.29, 0.717) is 19.4 Å². The van der Waals surface area contributed by atoms with Crippen LogP contribution in [0.4, 0.5) is 4.79 Å². The van der Waals surface area contributed by atoms with Gasteiger partial charge in [0, 0.05) is 24.4 Å². The number of likely N-dealkylation sites (tertiary alicyclic amines) is 1. The summed E-state index contributed by atoms with van der Waals surface area (Å²) in [7, 11) is 0. The van der Waals surface area contributed by atoms with Gasteiger partial charge in [-0.1, -0.05) is 62.4 Å². The molecule has 8 heteroatoms. The summed E-state index contributed by atoms with van der Waals surface area (Å²) in [5.74, 6) is -1.30. The quantitative estimate of drug-likeness (QED) is 0.659. The van der Waals surface area contributed by atoms with E-state index in [-0.39, 0.29) is 31.1 Å². The number of amides is 2. The Bertz CT molecular complexity index is 1120. The van der Waals surface area contributed by atoms with E-state index in [9.17, 15) is 19.5 Å². The van der Waals surface area contributed by atoms with Crippen molar-refractivity contribution in [2.75, 3.05) is 19.7 Å². The van der Waals surface area contributed by atoms with Gasteiger partial charge in [0.1, 0.15) is 18.8 Å². The van der Waals surface area contributed by atoms with Crippen LogP contribution >= 0.6 is 0 Å². The van der Waals surface area contributed by atoms with E-state index in [1.165, 1.54) is 16.0 Å². The highest BCUT2D eigenvalue weighted by Crippen LogP contribution is 2.44. The number of aliphatic carboxylic acids is 1. The van der Waals surface area contributed by atoms with Crippen LogP contribution in [0.5, 0.6) is 0 Å². The number of hydrogen-bond donors (Lipinski definition) is 2. The Morgan fingerprint density at radius 1 is 1.06 bits per heavy atom. The van der Waals surface area contributed by atoms with E-state index < -0.39 is 29.6 Å². The second-order valence-electron chi connectivity index (χ2n) is 10.2. The van der Waals surface area contributed by atoms with E-state index in [1.54, 1.807) is 0 Å². The van der Waals surface area contributed by atoms with E-state index in [2.05, 4.69) is 29.6 Å². The fourth-order valence-electron chi connectivity index (χ4n) is 5.67. The molecule has 0 saturated carbocycles. The van der Waals surface area contributed by atoms with Crippen molar-refractivity contribution in [2.24, 2.45) is 5.41 Å². The van der Waals surface area contributed by atoms with Gasteiger partial charge in [-0.2, -0.15) is 0 Å². The predicted molar refractivity (Wildman–Crippen MR) is 128 cm³/mol. The molecule has 3 aliphatic rings. The monoisotopic (exact) mass is 478 g/mol. The third-order valence-electron chi connectivity index (χ3n) is 7.35. The molecule has 2 aromatic carbocycles. The zero-order chi connectivity index (χ0) is 24.7. The summed E-state index contributed by atoms with van der Waals surface area (Å²) < 4.78 is 11.4. The molecule has 0 spiro atoms. The van der Waals surface area contributed by atoms with Crippen molar-refractivity contribution in [1.29, 1.82) is 0 Å². The molecule has 2 fully saturated rings. The van der Waals surface area contributed by atoms with Gasteiger partial charge in [0.2, 0.25) is 0 Å². The van der Waals surface area contributed by atoms with Crippen LogP contribution < -0.4 is 5.32 Å². The molecule has 0 aromatic heterocycles. The Morgan fingerprint density at radius 3 is 2.29 bits per heavy atom. The number of rotatable bonds is 6. The van der Waals surface area contributed by atoms with Crippen LogP contribution in [0.15, 0.2) is 48.5 Å². The molecular formula is C27H30N2O6. The molecule has 2 N–H and O–H groups in total. The van der Waals surface area contributed by atoms with Gasteiger partial charge in [-0.25, -0.2) is 9.59 Å². The van der Waals surface area contributed by atoms with Crippen molar-refractivity contribution in [2.45, 2.75) is 50.9 Å². The summed E-state index contributed by atoms with van der Waals surface area (Å²) in [5, 5.41) is 12.2. The fraction of sp³-hybridized carbons (Fsp3) is 0.444. The molecule has 35 heavy (non-hydrogen) atoms. The van der Waals surface area contributed by atoms with Gasteiger partial charge in [-0.15, -0.1) is 0 Å². The summed E-state index contributed by atoms with van der Waals surface area (Å²) in [5.41, 5.74) is 4.18. The largest absolute Gasteiger partial charge is 0.480 e. The van der Waals surface area contributed by atoms with Crippen LogP contribution in [-0.2, 0) is 19.1 Å². The van der Waals surface area contributed by atoms with Crippen molar-refractivity contribution in [3.63, 3.8) is 0 Å². The number of carbonyl (C=O) groups excluding carboxylic acids is 2. The Morgan fingerprint density at radius 2 is 1.69 bits per heavy atom. The summed E-state index contributed by atoms with van der Waals surface area (Å²) >= 11 is 0. The summed E-state index contributed by atoms with van der Waals surface area (Å²) in [6.07, 6.45) is -0.418. The minimum Gasteiger partial charge on any atom is -0.480 e. The number of benzene rings is 2. The van der Waals surface area contributed by atoms with Crippen LogP contribution in [0.1, 0.15) is 43.7 Å². The summed E-state index contributed by atoms with van der Waals surface area (Å²) in [4.78, 5) is 38.2. The average Bonchev–Trinajstić information content (AvgIpc) is 3.42. The van der Waals surface area contributed by atoms with Crippen LogP contribution in [0.25, 0.3) is 11.1 Å². The van der Waals surface area contributed by atoms with Crippen LogP contribution in [0.2, 0.25) is 0 Å². The lowest BCUT2D eigenvalue weighted by Crippen LogP contribution is -2.68. The Balaban J connectivity index is 1.11. The van der Waals surface area contributed by atoms with Crippen molar-refractivity contribution in [1.82, 2.24) is 10.2 Å². The first-order valence-corrected chi connectivity index (χ1v) is 12.0. The molecular weight excluding hydrogens is 448 g/mol. The fourth-order valence-corrected chi connectivity index (χ4v) is 5.67. The minimum absolute atomic E-state index is 0.0131. The summed E-state index contributed by atoms with van der Waals surface area (Å²) in [6.45, 7) is 4.53. The van der Waals surface area contributed by atoms with Gasteiger partial charge < -0.3 is 24.8 Å². The number of alkyl carbamates (subject to hydrolysis) is 1. The molecule has 5 rings (SSSR count). The molecule has 2 aliphatic heterocycles. The zero-order valence-corrected chi connectivity index (χ0v) is 19.9. The van der Waals surface area contributed by atoms with E-state index in [0.717, 1.165) is 11.1 Å². The summed E-state index contributed by atoms with van der Waals surface area (Å²) in [6, 6.07) is 15.5. The average molecular weight is 479 g/mol. The van der Waals surface area contributed by atoms with Gasteiger partial charge in [0.15, 0.2) is 0 Å². The smallest absolute Gasteiger partial charge is 0.407 e. The number of fused-ring (bicyclic) bond motifs is 3. The first-order chi connectivity index (χ1) is 16.8. The maximum Gasteiger partial charge on any atom is 0.407 e. The van der Waals surface area contributed by atoms with Crippen LogP contribution in [-0.4, -0.2) is 65.9 Å². The molecule has 2 aromatic rings. The predicted octanol–water partition coefficient (Wildman–Crippen LogP) is 3.39. The first-order valence-electron chi connectivity index (χ1n) is 12.0. The number of nitrogens with one attached hydrogen (secondary N) is 1. The zero-order valence-electron chi connectivity index (χ0n) is 19.9. The molecule has 3 unspecified atom stereocenters. The molecule has 0 radical (unpaired) electrons. The van der Waals surface area contributed by atoms with Crippen molar-refractivity contribution < 1.29 is 29.0 Å². The topological polar surface area (TPSA) is 105 Å². The standard InChI is InChI=1S/C27H30N2O6/c1-27(2)15-29(23(27)25(31)32)24(30)22-12-11-16(35-22)13-28-26(33)34-14-21-19-9-5-3-7-17(19)18-8-4-6-10-20(18)21/h3-10,16,21-23H,11-15H2,1-2H3,(H,28,33)(H,31,32). The highest BCUT2D eigenvalue weighted by atomic mass is 16.6. The van der Waals surface area contributed by atoms with Crippen LogP contribution in [0, 0.1) is 5.41 Å². The maximum atomic E-state index is 12.8. The van der Waals surface area contributed by atoms with Crippen molar-refractivity contribution >= 4 is 18.0 Å². The second kappa shape index (κ2) is 9.00. The molecule has 184 valence electrons. The van der Waals surface area contributed by atoms with Gasteiger partial charge >= 0.3 is 12.1 Å². The third kappa shape index (κ3) is 4.27. The number of nitrogens with zero attached hydrogens (tertiary/aromatic N) is 1. The number of carbonyl (C=O) groups is 3. The molecule has 3 atom stereocenters.